The van der Waals surface area contributed by atoms with Gasteiger partial charge < -0.3 is 10.2 Å². The molecule has 25 heavy (non-hydrogen) atoms. The highest BCUT2D eigenvalue weighted by Gasteiger charge is 2.16. The first-order valence-corrected chi connectivity index (χ1v) is 8.76. The van der Waals surface area contributed by atoms with Gasteiger partial charge in [0, 0.05) is 31.0 Å². The maximum absolute atomic E-state index is 12.2. The highest BCUT2D eigenvalue weighted by molar-refractivity contribution is 6.02. The standard InChI is InChI=1S/C22H26N2O/c1-22(2,3)18-9-5-16(6-10-18)7-12-21(25)23-19-11-8-17-13-14-24(4)20(17)15-19/h5-12,15H,13-14H2,1-4H3,(H,23,25). The quantitative estimate of drug-likeness (QED) is 0.830. The van der Waals surface area contributed by atoms with Crippen LogP contribution in [-0.4, -0.2) is 19.5 Å². The molecule has 3 rings (SSSR count). The molecule has 130 valence electrons. The minimum atomic E-state index is -0.111. The van der Waals surface area contributed by atoms with Crippen molar-refractivity contribution in [1.82, 2.24) is 0 Å². The molecule has 3 nitrogen and oxygen atoms in total. The number of nitrogens with one attached hydrogen (secondary N) is 1. The molecular weight excluding hydrogens is 308 g/mol. The minimum Gasteiger partial charge on any atom is -0.374 e. The van der Waals surface area contributed by atoms with Crippen LogP contribution in [0.1, 0.15) is 37.5 Å². The third-order valence-corrected chi connectivity index (χ3v) is 4.68. The van der Waals surface area contributed by atoms with Gasteiger partial charge in [-0.05, 0) is 46.7 Å². The Morgan fingerprint density at radius 1 is 1.12 bits per heavy atom. The zero-order valence-corrected chi connectivity index (χ0v) is 15.5. The number of hydrogen-bond acceptors (Lipinski definition) is 2. The van der Waals surface area contributed by atoms with E-state index in [2.05, 4.69) is 68.4 Å². The average Bonchev–Trinajstić information content (AvgIpc) is 2.93. The summed E-state index contributed by atoms with van der Waals surface area (Å²) in [5.41, 5.74) is 5.84. The van der Waals surface area contributed by atoms with E-state index in [1.54, 1.807) is 6.08 Å². The molecule has 0 bridgehead atoms. The summed E-state index contributed by atoms with van der Waals surface area (Å²) in [6, 6.07) is 14.5. The van der Waals surface area contributed by atoms with Gasteiger partial charge in [-0.2, -0.15) is 0 Å². The van der Waals surface area contributed by atoms with Crippen LogP contribution < -0.4 is 10.2 Å². The first-order chi connectivity index (χ1) is 11.8. The molecule has 0 atom stereocenters. The molecule has 0 saturated heterocycles. The average molecular weight is 334 g/mol. The smallest absolute Gasteiger partial charge is 0.248 e. The number of nitrogens with zero attached hydrogens (tertiary/aromatic N) is 1. The van der Waals surface area contributed by atoms with Crippen molar-refractivity contribution < 1.29 is 4.79 Å². The van der Waals surface area contributed by atoms with Gasteiger partial charge in [-0.15, -0.1) is 0 Å². The maximum Gasteiger partial charge on any atom is 0.248 e. The summed E-state index contributed by atoms with van der Waals surface area (Å²) in [5.74, 6) is -0.111. The fourth-order valence-electron chi connectivity index (χ4n) is 3.07. The topological polar surface area (TPSA) is 32.3 Å². The molecule has 0 aromatic heterocycles. The van der Waals surface area contributed by atoms with E-state index < -0.39 is 0 Å². The molecule has 2 aromatic carbocycles. The van der Waals surface area contributed by atoms with Crippen molar-refractivity contribution in [1.29, 1.82) is 0 Å². The van der Waals surface area contributed by atoms with E-state index in [1.807, 2.05) is 18.2 Å². The van der Waals surface area contributed by atoms with Crippen molar-refractivity contribution in [3.63, 3.8) is 0 Å². The fraction of sp³-hybridized carbons (Fsp3) is 0.318. The van der Waals surface area contributed by atoms with Crippen LogP contribution in [0.2, 0.25) is 0 Å². The zero-order chi connectivity index (χ0) is 18.0. The molecule has 2 aromatic rings. The molecular formula is C22H26N2O. The van der Waals surface area contributed by atoms with Crippen LogP contribution in [0.5, 0.6) is 0 Å². The van der Waals surface area contributed by atoms with E-state index in [1.165, 1.54) is 16.8 Å². The van der Waals surface area contributed by atoms with Crippen LogP contribution >= 0.6 is 0 Å². The van der Waals surface area contributed by atoms with Gasteiger partial charge in [0.2, 0.25) is 5.91 Å². The van der Waals surface area contributed by atoms with E-state index in [0.29, 0.717) is 0 Å². The molecule has 0 spiro atoms. The Labute approximate surface area is 150 Å². The van der Waals surface area contributed by atoms with Crippen LogP contribution in [0.25, 0.3) is 6.08 Å². The zero-order valence-electron chi connectivity index (χ0n) is 15.5. The van der Waals surface area contributed by atoms with E-state index in [4.69, 9.17) is 0 Å². The number of rotatable bonds is 3. The SMILES string of the molecule is CN1CCc2ccc(NC(=O)C=Cc3ccc(C(C)(C)C)cc3)cc21. The van der Waals surface area contributed by atoms with Gasteiger partial charge in [-0.25, -0.2) is 0 Å². The highest BCUT2D eigenvalue weighted by atomic mass is 16.1. The Morgan fingerprint density at radius 2 is 1.84 bits per heavy atom. The summed E-state index contributed by atoms with van der Waals surface area (Å²) >= 11 is 0. The normalized spacial score (nSPS) is 14.0. The van der Waals surface area contributed by atoms with Crippen LogP contribution in [0.3, 0.4) is 0 Å². The summed E-state index contributed by atoms with van der Waals surface area (Å²) in [6.07, 6.45) is 4.51. The van der Waals surface area contributed by atoms with Crippen LogP contribution in [-0.2, 0) is 16.6 Å². The molecule has 1 amide bonds. The summed E-state index contributed by atoms with van der Waals surface area (Å²) in [7, 11) is 2.08. The lowest BCUT2D eigenvalue weighted by Gasteiger charge is -2.18. The second-order valence-corrected chi connectivity index (χ2v) is 7.71. The van der Waals surface area contributed by atoms with E-state index in [9.17, 15) is 4.79 Å². The molecule has 0 aliphatic carbocycles. The Bertz CT molecular complexity index is 798. The van der Waals surface area contributed by atoms with Crippen molar-refractivity contribution in [3.05, 3.63) is 65.2 Å². The van der Waals surface area contributed by atoms with Crippen molar-refractivity contribution >= 4 is 23.4 Å². The Kier molecular flexibility index (Phi) is 4.67. The van der Waals surface area contributed by atoms with Crippen LogP contribution in [0.4, 0.5) is 11.4 Å². The van der Waals surface area contributed by atoms with Gasteiger partial charge in [0.1, 0.15) is 0 Å². The van der Waals surface area contributed by atoms with E-state index >= 15 is 0 Å². The van der Waals surface area contributed by atoms with E-state index in [-0.39, 0.29) is 11.3 Å². The van der Waals surface area contributed by atoms with Crippen LogP contribution in [0.15, 0.2) is 48.5 Å². The van der Waals surface area contributed by atoms with Crippen molar-refractivity contribution in [3.8, 4) is 0 Å². The Balaban J connectivity index is 1.64. The fourth-order valence-corrected chi connectivity index (χ4v) is 3.07. The number of carbonyl (C=O) groups is 1. The first kappa shape index (κ1) is 17.3. The van der Waals surface area contributed by atoms with Gasteiger partial charge in [0.05, 0.1) is 0 Å². The Hall–Kier alpha value is -2.55. The molecule has 0 unspecified atom stereocenters. The molecule has 1 aliphatic rings. The molecule has 0 radical (unpaired) electrons. The molecule has 1 N–H and O–H groups in total. The van der Waals surface area contributed by atoms with Crippen molar-refractivity contribution in [2.45, 2.75) is 32.6 Å². The maximum atomic E-state index is 12.2. The molecule has 1 aliphatic heterocycles. The van der Waals surface area contributed by atoms with Gasteiger partial charge >= 0.3 is 0 Å². The third kappa shape index (κ3) is 4.11. The summed E-state index contributed by atoms with van der Waals surface area (Å²) in [4.78, 5) is 14.4. The Morgan fingerprint density at radius 3 is 2.52 bits per heavy atom. The molecule has 0 saturated carbocycles. The number of fused-ring (bicyclic) bond motifs is 1. The number of likely N-dealkylation sites (N-methyl/N-ethyl adjacent to an activating group) is 1. The number of benzene rings is 2. The number of amides is 1. The lowest BCUT2D eigenvalue weighted by atomic mass is 9.87. The number of hydrogen-bond donors (Lipinski definition) is 1. The summed E-state index contributed by atoms with van der Waals surface area (Å²) in [6.45, 7) is 7.62. The van der Waals surface area contributed by atoms with Gasteiger partial charge in [0.25, 0.3) is 0 Å². The predicted molar refractivity (Wildman–Crippen MR) is 106 cm³/mol. The second-order valence-electron chi connectivity index (χ2n) is 7.71. The first-order valence-electron chi connectivity index (χ1n) is 8.76. The van der Waals surface area contributed by atoms with Gasteiger partial charge in [0.15, 0.2) is 0 Å². The molecule has 0 fully saturated rings. The lowest BCUT2D eigenvalue weighted by molar-refractivity contribution is -0.111. The van der Waals surface area contributed by atoms with Gasteiger partial charge in [-0.1, -0.05) is 51.1 Å². The van der Waals surface area contributed by atoms with Crippen molar-refractivity contribution in [2.24, 2.45) is 0 Å². The van der Waals surface area contributed by atoms with E-state index in [0.717, 1.165) is 24.2 Å². The molecule has 3 heteroatoms. The van der Waals surface area contributed by atoms with Crippen LogP contribution in [0, 0.1) is 0 Å². The van der Waals surface area contributed by atoms with Crippen molar-refractivity contribution in [2.75, 3.05) is 23.8 Å². The number of anilines is 2. The highest BCUT2D eigenvalue weighted by Crippen LogP contribution is 2.29. The monoisotopic (exact) mass is 334 g/mol. The lowest BCUT2D eigenvalue weighted by Crippen LogP contribution is -2.13. The predicted octanol–water partition coefficient (Wildman–Crippen LogP) is 4.63. The molecule has 1 heterocycles. The minimum absolute atomic E-state index is 0.111. The second kappa shape index (κ2) is 6.75. The largest absolute Gasteiger partial charge is 0.374 e. The third-order valence-electron chi connectivity index (χ3n) is 4.68. The van der Waals surface area contributed by atoms with Gasteiger partial charge in [-0.3, -0.25) is 4.79 Å². The summed E-state index contributed by atoms with van der Waals surface area (Å²) < 4.78 is 0. The summed E-state index contributed by atoms with van der Waals surface area (Å²) in [5, 5.41) is 2.95. The number of carbonyl (C=O) groups excluding carboxylic acids is 1.